The average molecular weight is 249 g/mol. The maximum Gasteiger partial charge on any atom is 0.194 e. The van der Waals surface area contributed by atoms with E-state index >= 15 is 0 Å². The van der Waals surface area contributed by atoms with E-state index in [1.165, 1.54) is 0 Å². The van der Waals surface area contributed by atoms with E-state index in [-0.39, 0.29) is 18.2 Å². The van der Waals surface area contributed by atoms with Crippen LogP contribution in [0.4, 0.5) is 0 Å². The number of aromatic nitrogens is 2. The van der Waals surface area contributed by atoms with Crippen LogP contribution in [-0.4, -0.2) is 58.0 Å². The lowest BCUT2D eigenvalue weighted by atomic mass is 9.83. The molecule has 6 heteroatoms. The van der Waals surface area contributed by atoms with Gasteiger partial charge >= 0.3 is 0 Å². The van der Waals surface area contributed by atoms with Crippen molar-refractivity contribution in [3.8, 4) is 0 Å². The second-order valence-corrected chi connectivity index (χ2v) is 5.17. The van der Waals surface area contributed by atoms with Gasteiger partial charge in [-0.2, -0.15) is 5.10 Å². The molecule has 1 fully saturated rings. The first-order valence-electron chi connectivity index (χ1n) is 6.36. The van der Waals surface area contributed by atoms with Gasteiger partial charge in [-0.3, -0.25) is 9.67 Å². The topological polar surface area (TPSA) is 65.7 Å². The molecule has 2 heterocycles. The van der Waals surface area contributed by atoms with Crippen LogP contribution in [0.3, 0.4) is 0 Å². The Morgan fingerprint density at radius 2 is 2.33 bits per heavy atom. The number of aryl methyl sites for hydroxylation is 1. The normalized spacial score (nSPS) is 31.2. The van der Waals surface area contributed by atoms with Crippen molar-refractivity contribution in [1.29, 1.82) is 0 Å². The number of guanidine groups is 1. The fraction of sp³-hybridized carbons (Fsp3) is 0.667. The molecule has 0 unspecified atom stereocenters. The molecule has 0 saturated heterocycles. The highest BCUT2D eigenvalue weighted by Crippen LogP contribution is 2.32. The van der Waals surface area contributed by atoms with Crippen LogP contribution in [0, 0.1) is 6.92 Å². The number of likely N-dealkylation sites (N-methyl/N-ethyl adjacent to an activating group) is 1. The molecule has 1 aliphatic heterocycles. The summed E-state index contributed by atoms with van der Waals surface area (Å²) < 4.78 is 1.86. The van der Waals surface area contributed by atoms with Crippen LogP contribution in [-0.2, 0) is 0 Å². The Morgan fingerprint density at radius 1 is 1.50 bits per heavy atom. The molecular formula is C12H19N5O. The Morgan fingerprint density at radius 3 is 2.89 bits per heavy atom. The van der Waals surface area contributed by atoms with Crippen molar-refractivity contribution in [2.24, 2.45) is 4.99 Å². The molecule has 0 spiro atoms. The monoisotopic (exact) mass is 249 g/mol. The van der Waals surface area contributed by atoms with Crippen molar-refractivity contribution >= 4 is 5.96 Å². The molecule has 0 radical (unpaired) electrons. The number of aliphatic hydroxyl groups is 1. The van der Waals surface area contributed by atoms with E-state index in [0.717, 1.165) is 31.0 Å². The molecule has 0 aromatic carbocycles. The first-order valence-corrected chi connectivity index (χ1v) is 6.36. The molecule has 3 rings (SSSR count). The minimum Gasteiger partial charge on any atom is -0.391 e. The Kier molecular flexibility index (Phi) is 2.74. The maximum absolute atomic E-state index is 9.93. The van der Waals surface area contributed by atoms with Gasteiger partial charge in [0, 0.05) is 19.8 Å². The molecule has 0 bridgehead atoms. The van der Waals surface area contributed by atoms with Crippen molar-refractivity contribution < 1.29 is 5.11 Å². The summed E-state index contributed by atoms with van der Waals surface area (Å²) in [7, 11) is 2.03. The zero-order valence-corrected chi connectivity index (χ0v) is 10.7. The fourth-order valence-electron chi connectivity index (χ4n) is 2.57. The highest BCUT2D eigenvalue weighted by Gasteiger charge is 2.42. The minimum atomic E-state index is -0.325. The lowest BCUT2D eigenvalue weighted by Crippen LogP contribution is -2.57. The van der Waals surface area contributed by atoms with Crippen LogP contribution in [0.2, 0.25) is 0 Å². The lowest BCUT2D eigenvalue weighted by molar-refractivity contribution is -0.00163. The highest BCUT2D eigenvalue weighted by molar-refractivity contribution is 5.81. The van der Waals surface area contributed by atoms with E-state index in [9.17, 15) is 5.11 Å². The number of nitrogens with one attached hydrogen (secondary N) is 1. The number of nitrogens with zero attached hydrogens (tertiary/aromatic N) is 4. The third kappa shape index (κ3) is 1.86. The summed E-state index contributed by atoms with van der Waals surface area (Å²) in [4.78, 5) is 6.52. The van der Waals surface area contributed by atoms with Gasteiger partial charge in [0.25, 0.3) is 0 Å². The molecule has 6 nitrogen and oxygen atoms in total. The third-order valence-electron chi connectivity index (χ3n) is 3.71. The first kappa shape index (κ1) is 11.5. The van der Waals surface area contributed by atoms with E-state index in [2.05, 4.69) is 20.3 Å². The van der Waals surface area contributed by atoms with Crippen molar-refractivity contribution in [1.82, 2.24) is 20.0 Å². The van der Waals surface area contributed by atoms with Crippen LogP contribution in [0.5, 0.6) is 0 Å². The SMILES string of the molecule is Cc1cnn([C@H]2[C@H](O)C[C@@H]2NC2=NCCN2C)c1. The molecule has 18 heavy (non-hydrogen) atoms. The van der Waals surface area contributed by atoms with Gasteiger partial charge in [-0.15, -0.1) is 0 Å². The van der Waals surface area contributed by atoms with Gasteiger partial charge in [-0.1, -0.05) is 0 Å². The number of rotatable bonds is 2. The van der Waals surface area contributed by atoms with Gasteiger partial charge in [0.2, 0.25) is 0 Å². The van der Waals surface area contributed by atoms with Crippen LogP contribution < -0.4 is 5.32 Å². The van der Waals surface area contributed by atoms with Crippen LogP contribution in [0.15, 0.2) is 17.4 Å². The smallest absolute Gasteiger partial charge is 0.194 e. The summed E-state index contributed by atoms with van der Waals surface area (Å²) >= 11 is 0. The van der Waals surface area contributed by atoms with Gasteiger partial charge in [-0.05, 0) is 18.9 Å². The first-order chi connectivity index (χ1) is 8.65. The molecular weight excluding hydrogens is 230 g/mol. The Labute approximate surface area is 106 Å². The Bertz CT molecular complexity index is 469. The fourth-order valence-corrected chi connectivity index (χ4v) is 2.57. The van der Waals surface area contributed by atoms with Crippen molar-refractivity contribution in [3.63, 3.8) is 0 Å². The lowest BCUT2D eigenvalue weighted by Gasteiger charge is -2.42. The predicted molar refractivity (Wildman–Crippen MR) is 68.5 cm³/mol. The van der Waals surface area contributed by atoms with Gasteiger partial charge in [-0.25, -0.2) is 0 Å². The summed E-state index contributed by atoms with van der Waals surface area (Å²) in [5, 5.41) is 17.6. The van der Waals surface area contributed by atoms with Gasteiger partial charge in [0.1, 0.15) is 0 Å². The van der Waals surface area contributed by atoms with E-state index in [4.69, 9.17) is 0 Å². The zero-order chi connectivity index (χ0) is 12.7. The molecule has 98 valence electrons. The van der Waals surface area contributed by atoms with Crippen LogP contribution >= 0.6 is 0 Å². The maximum atomic E-state index is 9.93. The third-order valence-corrected chi connectivity index (χ3v) is 3.71. The molecule has 3 atom stereocenters. The van der Waals surface area contributed by atoms with Gasteiger partial charge < -0.3 is 15.3 Å². The predicted octanol–water partition coefficient (Wildman–Crippen LogP) is -0.243. The van der Waals surface area contributed by atoms with E-state index in [0.29, 0.717) is 0 Å². The summed E-state index contributed by atoms with van der Waals surface area (Å²) in [6.07, 6.45) is 4.22. The van der Waals surface area contributed by atoms with Gasteiger partial charge in [0.05, 0.1) is 30.9 Å². The van der Waals surface area contributed by atoms with Crippen molar-refractivity contribution in [2.75, 3.05) is 20.1 Å². The Hall–Kier alpha value is -1.56. The number of hydrogen-bond donors (Lipinski definition) is 2. The highest BCUT2D eigenvalue weighted by atomic mass is 16.3. The molecule has 1 aromatic heterocycles. The number of aliphatic imine (C=N–C) groups is 1. The van der Waals surface area contributed by atoms with Crippen molar-refractivity contribution in [3.05, 3.63) is 18.0 Å². The molecule has 2 N–H and O–H groups in total. The molecule has 1 aliphatic carbocycles. The number of hydrogen-bond acceptors (Lipinski definition) is 5. The second-order valence-electron chi connectivity index (χ2n) is 5.17. The van der Waals surface area contributed by atoms with Crippen LogP contribution in [0.25, 0.3) is 0 Å². The summed E-state index contributed by atoms with van der Waals surface area (Å²) in [6, 6.07) is 0.217. The van der Waals surface area contributed by atoms with Crippen molar-refractivity contribution in [2.45, 2.75) is 31.5 Å². The molecule has 0 amide bonds. The summed E-state index contributed by atoms with van der Waals surface area (Å²) in [5.74, 6) is 0.931. The van der Waals surface area contributed by atoms with E-state index in [1.807, 2.05) is 31.0 Å². The second kappa shape index (κ2) is 4.28. The Balaban J connectivity index is 1.70. The molecule has 2 aliphatic rings. The largest absolute Gasteiger partial charge is 0.391 e. The standard InChI is InChI=1S/C12H19N5O/c1-8-6-14-17(7-8)11-9(5-10(11)18)15-12-13-3-4-16(12)2/h6-7,9-11,18H,3-5H2,1-2H3,(H,13,15)/t9-,10+,11+/m0/s1. The van der Waals surface area contributed by atoms with Crippen LogP contribution in [0.1, 0.15) is 18.0 Å². The summed E-state index contributed by atoms with van der Waals surface area (Å²) in [6.45, 7) is 3.81. The summed E-state index contributed by atoms with van der Waals surface area (Å²) in [5.41, 5.74) is 1.11. The van der Waals surface area contributed by atoms with E-state index in [1.54, 1.807) is 0 Å². The quantitative estimate of drug-likeness (QED) is 0.759. The minimum absolute atomic E-state index is 0.00963. The zero-order valence-electron chi connectivity index (χ0n) is 10.7. The van der Waals surface area contributed by atoms with Gasteiger partial charge in [0.15, 0.2) is 5.96 Å². The van der Waals surface area contributed by atoms with E-state index < -0.39 is 0 Å². The number of aliphatic hydroxyl groups excluding tert-OH is 1. The average Bonchev–Trinajstić information content (AvgIpc) is 2.88. The molecule has 1 aromatic rings. The molecule has 1 saturated carbocycles.